The van der Waals surface area contributed by atoms with E-state index in [2.05, 4.69) is 25.4 Å². The number of nitrogens with zero attached hydrogens (tertiary/aromatic N) is 4. The van der Waals surface area contributed by atoms with E-state index in [4.69, 9.17) is 4.52 Å². The largest absolute Gasteiger partial charge is 0.341 e. The predicted molar refractivity (Wildman–Crippen MR) is 77.6 cm³/mol. The van der Waals surface area contributed by atoms with Gasteiger partial charge >= 0.3 is 11.8 Å². The summed E-state index contributed by atoms with van der Waals surface area (Å²) in [7, 11) is 0. The van der Waals surface area contributed by atoms with Gasteiger partial charge in [0.1, 0.15) is 5.69 Å². The lowest BCUT2D eigenvalue weighted by atomic mass is 10.1. The van der Waals surface area contributed by atoms with Crippen LogP contribution in [0.3, 0.4) is 0 Å². The molecule has 1 amide bonds. The number of carbonyl (C=O) groups is 1. The van der Waals surface area contributed by atoms with Gasteiger partial charge in [-0.3, -0.25) is 9.78 Å². The second-order valence-corrected chi connectivity index (χ2v) is 4.62. The highest BCUT2D eigenvalue weighted by atomic mass is 16.5. The first-order valence-corrected chi connectivity index (χ1v) is 6.70. The van der Waals surface area contributed by atoms with Gasteiger partial charge in [0.2, 0.25) is 5.82 Å². The average molecular weight is 295 g/mol. The van der Waals surface area contributed by atoms with E-state index in [0.717, 1.165) is 5.56 Å². The van der Waals surface area contributed by atoms with Crippen LogP contribution in [0.2, 0.25) is 0 Å². The topological polar surface area (TPSA) is 93.8 Å². The van der Waals surface area contributed by atoms with Crippen LogP contribution in [0.5, 0.6) is 0 Å². The van der Waals surface area contributed by atoms with Gasteiger partial charge in [0.05, 0.1) is 12.2 Å². The van der Waals surface area contributed by atoms with E-state index < -0.39 is 5.91 Å². The van der Waals surface area contributed by atoms with E-state index in [-0.39, 0.29) is 17.8 Å². The maximum atomic E-state index is 12.1. The number of nitrogens with one attached hydrogen (secondary N) is 1. The molecule has 0 aliphatic heterocycles. The summed E-state index contributed by atoms with van der Waals surface area (Å²) in [5.74, 6) is -0.312. The SMILES string of the molecule is CC(NC(=O)c1nc(-c2cnccn2)no1)c1ccccc1. The molecule has 2 heterocycles. The fraction of sp³-hybridized carbons (Fsp3) is 0.133. The molecule has 1 N–H and O–H groups in total. The number of aromatic nitrogens is 4. The van der Waals surface area contributed by atoms with Crippen molar-refractivity contribution in [1.29, 1.82) is 0 Å². The smallest absolute Gasteiger partial charge is 0.316 e. The highest BCUT2D eigenvalue weighted by molar-refractivity contribution is 5.90. The number of hydrogen-bond acceptors (Lipinski definition) is 6. The molecule has 0 aliphatic carbocycles. The van der Waals surface area contributed by atoms with Gasteiger partial charge in [-0.15, -0.1) is 0 Å². The Morgan fingerprint density at radius 1 is 1.23 bits per heavy atom. The number of amides is 1. The van der Waals surface area contributed by atoms with Gasteiger partial charge in [-0.25, -0.2) is 4.98 Å². The number of benzene rings is 1. The van der Waals surface area contributed by atoms with Gasteiger partial charge in [-0.1, -0.05) is 35.5 Å². The highest BCUT2D eigenvalue weighted by Crippen LogP contribution is 2.14. The van der Waals surface area contributed by atoms with E-state index in [9.17, 15) is 4.79 Å². The molecule has 22 heavy (non-hydrogen) atoms. The maximum absolute atomic E-state index is 12.1. The van der Waals surface area contributed by atoms with Gasteiger partial charge in [0, 0.05) is 12.4 Å². The fourth-order valence-corrected chi connectivity index (χ4v) is 1.92. The van der Waals surface area contributed by atoms with Crippen LogP contribution in [0.1, 0.15) is 29.2 Å². The molecular weight excluding hydrogens is 282 g/mol. The summed E-state index contributed by atoms with van der Waals surface area (Å²) in [6.45, 7) is 1.88. The first-order valence-electron chi connectivity index (χ1n) is 6.70. The van der Waals surface area contributed by atoms with Gasteiger partial charge in [0.15, 0.2) is 0 Å². The normalized spacial score (nSPS) is 11.9. The zero-order chi connectivity index (χ0) is 15.4. The van der Waals surface area contributed by atoms with Crippen molar-refractivity contribution in [2.75, 3.05) is 0 Å². The molecule has 1 atom stereocenters. The maximum Gasteiger partial charge on any atom is 0.316 e. The molecule has 0 aliphatic rings. The van der Waals surface area contributed by atoms with Crippen molar-refractivity contribution in [1.82, 2.24) is 25.4 Å². The minimum Gasteiger partial charge on any atom is -0.341 e. The summed E-state index contributed by atoms with van der Waals surface area (Å²) in [6, 6.07) is 9.45. The molecule has 0 saturated heterocycles. The summed E-state index contributed by atoms with van der Waals surface area (Å²) in [5, 5.41) is 6.54. The van der Waals surface area contributed by atoms with Crippen LogP contribution in [0.15, 0.2) is 53.4 Å². The van der Waals surface area contributed by atoms with Gasteiger partial charge < -0.3 is 9.84 Å². The Morgan fingerprint density at radius 3 is 2.77 bits per heavy atom. The van der Waals surface area contributed by atoms with Crippen molar-refractivity contribution in [3.63, 3.8) is 0 Å². The summed E-state index contributed by atoms with van der Waals surface area (Å²) in [4.78, 5) is 24.1. The van der Waals surface area contributed by atoms with Crippen LogP contribution in [0, 0.1) is 0 Å². The van der Waals surface area contributed by atoms with Crippen LogP contribution in [-0.2, 0) is 0 Å². The molecule has 3 aromatic rings. The predicted octanol–water partition coefficient (Wildman–Crippen LogP) is 2.02. The Labute approximate surface area is 126 Å². The molecule has 110 valence electrons. The second-order valence-electron chi connectivity index (χ2n) is 4.62. The number of hydrogen-bond donors (Lipinski definition) is 1. The monoisotopic (exact) mass is 295 g/mol. The molecule has 1 unspecified atom stereocenters. The quantitative estimate of drug-likeness (QED) is 0.791. The van der Waals surface area contributed by atoms with Crippen LogP contribution in [0.4, 0.5) is 0 Å². The molecule has 0 spiro atoms. The van der Waals surface area contributed by atoms with E-state index in [1.807, 2.05) is 37.3 Å². The molecule has 3 rings (SSSR count). The fourth-order valence-electron chi connectivity index (χ4n) is 1.92. The Kier molecular flexibility index (Phi) is 3.86. The summed E-state index contributed by atoms with van der Waals surface area (Å²) in [5.41, 5.74) is 1.44. The molecular formula is C15H13N5O2. The van der Waals surface area contributed by atoms with Crippen molar-refractivity contribution in [3.8, 4) is 11.5 Å². The third-order valence-electron chi connectivity index (χ3n) is 3.06. The van der Waals surface area contributed by atoms with Crippen molar-refractivity contribution >= 4 is 5.91 Å². The van der Waals surface area contributed by atoms with Crippen molar-refractivity contribution in [2.45, 2.75) is 13.0 Å². The molecule has 0 radical (unpaired) electrons. The molecule has 2 aromatic heterocycles. The third kappa shape index (κ3) is 2.98. The summed E-state index contributed by atoms with van der Waals surface area (Å²) < 4.78 is 4.98. The lowest BCUT2D eigenvalue weighted by molar-refractivity contribution is 0.0895. The molecule has 7 nitrogen and oxygen atoms in total. The van der Waals surface area contributed by atoms with Crippen LogP contribution in [-0.4, -0.2) is 26.0 Å². The average Bonchev–Trinajstić information content (AvgIpc) is 3.06. The summed E-state index contributed by atoms with van der Waals surface area (Å²) in [6.07, 6.45) is 4.56. The van der Waals surface area contributed by atoms with Gasteiger partial charge in [0.25, 0.3) is 0 Å². The first-order chi connectivity index (χ1) is 10.7. The zero-order valence-corrected chi connectivity index (χ0v) is 11.8. The Balaban J connectivity index is 1.72. The zero-order valence-electron chi connectivity index (χ0n) is 11.8. The third-order valence-corrected chi connectivity index (χ3v) is 3.06. The highest BCUT2D eigenvalue weighted by Gasteiger charge is 2.19. The van der Waals surface area contributed by atoms with Crippen LogP contribution >= 0.6 is 0 Å². The Bertz CT molecular complexity index is 758. The molecule has 0 saturated carbocycles. The van der Waals surface area contributed by atoms with Crippen LogP contribution < -0.4 is 5.32 Å². The number of carbonyl (C=O) groups excluding carboxylic acids is 1. The Hall–Kier alpha value is -3.09. The van der Waals surface area contributed by atoms with E-state index in [1.54, 1.807) is 6.20 Å². The van der Waals surface area contributed by atoms with Crippen molar-refractivity contribution < 1.29 is 9.32 Å². The van der Waals surface area contributed by atoms with Crippen molar-refractivity contribution in [3.05, 3.63) is 60.4 Å². The minimum atomic E-state index is -0.431. The summed E-state index contributed by atoms with van der Waals surface area (Å²) >= 11 is 0. The molecule has 1 aromatic carbocycles. The second kappa shape index (κ2) is 6.13. The van der Waals surface area contributed by atoms with E-state index in [1.165, 1.54) is 12.4 Å². The lowest BCUT2D eigenvalue weighted by Crippen LogP contribution is -2.26. The first kappa shape index (κ1) is 13.9. The minimum absolute atomic E-state index is 0.108. The molecule has 0 fully saturated rings. The van der Waals surface area contributed by atoms with Gasteiger partial charge in [-0.05, 0) is 12.5 Å². The van der Waals surface area contributed by atoms with E-state index >= 15 is 0 Å². The van der Waals surface area contributed by atoms with Crippen LogP contribution in [0.25, 0.3) is 11.5 Å². The lowest BCUT2D eigenvalue weighted by Gasteiger charge is -2.12. The Morgan fingerprint density at radius 2 is 2.05 bits per heavy atom. The van der Waals surface area contributed by atoms with E-state index in [0.29, 0.717) is 5.69 Å². The molecule has 0 bridgehead atoms. The van der Waals surface area contributed by atoms with Crippen molar-refractivity contribution in [2.24, 2.45) is 0 Å². The van der Waals surface area contributed by atoms with Gasteiger partial charge in [-0.2, -0.15) is 4.98 Å². The molecule has 7 heteroatoms. The standard InChI is InChI=1S/C15H13N5O2/c1-10(11-5-3-2-4-6-11)18-14(21)15-19-13(20-22-15)12-9-16-7-8-17-12/h2-10H,1H3,(H,18,21). The number of rotatable bonds is 4.